The van der Waals surface area contributed by atoms with Gasteiger partial charge < -0.3 is 4.90 Å². The van der Waals surface area contributed by atoms with Crippen molar-refractivity contribution in [1.29, 1.82) is 0 Å². The molecule has 9 heteroatoms. The second-order valence-electron chi connectivity index (χ2n) is 9.20. The zero-order valence-corrected chi connectivity index (χ0v) is 20.1. The SMILES string of the molecule is CN(C(=O)C(C)(C)c1cc(C(F)(F)F)cc(C(F)(F)F)c1)c1ccncc1-c1cccc2ccccc12. The Labute approximate surface area is 209 Å². The van der Waals surface area contributed by atoms with Gasteiger partial charge in [0.2, 0.25) is 5.91 Å². The first-order valence-electron chi connectivity index (χ1n) is 11.2. The Bertz CT molecular complexity index is 1440. The largest absolute Gasteiger partial charge is 0.416 e. The van der Waals surface area contributed by atoms with Crippen LogP contribution in [0.2, 0.25) is 0 Å². The highest BCUT2D eigenvalue weighted by Crippen LogP contribution is 2.41. The van der Waals surface area contributed by atoms with Crippen LogP contribution in [0.15, 0.2) is 79.1 Å². The van der Waals surface area contributed by atoms with Crippen molar-refractivity contribution in [2.75, 3.05) is 11.9 Å². The van der Waals surface area contributed by atoms with Crippen molar-refractivity contribution < 1.29 is 31.1 Å². The summed E-state index contributed by atoms with van der Waals surface area (Å²) >= 11 is 0. The molecule has 1 aromatic heterocycles. The number of hydrogen-bond donors (Lipinski definition) is 0. The minimum atomic E-state index is -5.02. The Hall–Kier alpha value is -3.88. The number of rotatable bonds is 4. The van der Waals surface area contributed by atoms with Crippen LogP contribution in [0.1, 0.15) is 30.5 Å². The van der Waals surface area contributed by atoms with Crippen molar-refractivity contribution in [3.63, 3.8) is 0 Å². The Morgan fingerprint density at radius 1 is 0.757 bits per heavy atom. The third-order valence-electron chi connectivity index (χ3n) is 6.39. The van der Waals surface area contributed by atoms with Crippen LogP contribution >= 0.6 is 0 Å². The van der Waals surface area contributed by atoms with Crippen LogP contribution in [0.25, 0.3) is 21.9 Å². The lowest BCUT2D eigenvalue weighted by Crippen LogP contribution is -2.42. The van der Waals surface area contributed by atoms with E-state index in [1.54, 1.807) is 12.3 Å². The maximum absolute atomic E-state index is 13.7. The normalized spacial score (nSPS) is 12.6. The van der Waals surface area contributed by atoms with E-state index in [-0.39, 0.29) is 6.07 Å². The van der Waals surface area contributed by atoms with E-state index in [4.69, 9.17) is 0 Å². The maximum Gasteiger partial charge on any atom is 0.416 e. The van der Waals surface area contributed by atoms with Crippen molar-refractivity contribution >= 4 is 22.4 Å². The molecule has 0 aliphatic heterocycles. The number of amides is 1. The summed E-state index contributed by atoms with van der Waals surface area (Å²) in [6.07, 6.45) is -7.01. The minimum absolute atomic E-state index is 0.0508. The van der Waals surface area contributed by atoms with Gasteiger partial charge in [-0.15, -0.1) is 0 Å². The maximum atomic E-state index is 13.7. The second-order valence-corrected chi connectivity index (χ2v) is 9.20. The first-order valence-corrected chi connectivity index (χ1v) is 11.2. The number of halogens is 6. The van der Waals surface area contributed by atoms with Crippen LogP contribution in [-0.2, 0) is 22.6 Å². The number of fused-ring (bicyclic) bond motifs is 1. The molecule has 0 saturated carbocycles. The molecule has 0 aliphatic rings. The lowest BCUT2D eigenvalue weighted by Gasteiger charge is -2.32. The van der Waals surface area contributed by atoms with Gasteiger partial charge in [0.25, 0.3) is 0 Å². The molecule has 0 atom stereocenters. The number of alkyl halides is 6. The minimum Gasteiger partial charge on any atom is -0.314 e. The molecule has 0 spiro atoms. The number of carbonyl (C=O) groups excluding carboxylic acids is 1. The summed E-state index contributed by atoms with van der Waals surface area (Å²) in [6, 6.07) is 16.1. The molecule has 0 N–H and O–H groups in total. The highest BCUT2D eigenvalue weighted by atomic mass is 19.4. The number of carbonyl (C=O) groups is 1. The molecule has 0 aliphatic carbocycles. The Morgan fingerprint density at radius 3 is 1.95 bits per heavy atom. The lowest BCUT2D eigenvalue weighted by molar-refractivity contribution is -0.143. The molecule has 3 nitrogen and oxygen atoms in total. The second kappa shape index (κ2) is 9.21. The fraction of sp³-hybridized carbons (Fsp3) is 0.214. The van der Waals surface area contributed by atoms with Crippen LogP contribution in [0.5, 0.6) is 0 Å². The van der Waals surface area contributed by atoms with E-state index in [0.717, 1.165) is 16.3 Å². The van der Waals surface area contributed by atoms with E-state index >= 15 is 0 Å². The van der Waals surface area contributed by atoms with Crippen LogP contribution in [0.4, 0.5) is 32.0 Å². The van der Waals surface area contributed by atoms with Crippen molar-refractivity contribution in [3.8, 4) is 11.1 Å². The summed E-state index contributed by atoms with van der Waals surface area (Å²) < 4.78 is 80.7. The number of benzene rings is 3. The van der Waals surface area contributed by atoms with Gasteiger partial charge in [0.1, 0.15) is 0 Å². The number of likely N-dealkylation sites (N-methyl/N-ethyl adjacent to an activating group) is 1. The Morgan fingerprint density at radius 2 is 1.32 bits per heavy atom. The number of nitrogens with zero attached hydrogens (tertiary/aromatic N) is 2. The van der Waals surface area contributed by atoms with E-state index < -0.39 is 40.4 Å². The predicted octanol–water partition coefficient (Wildman–Crippen LogP) is 7.88. The van der Waals surface area contributed by atoms with Gasteiger partial charge in [-0.2, -0.15) is 26.3 Å². The predicted molar refractivity (Wildman–Crippen MR) is 130 cm³/mol. The van der Waals surface area contributed by atoms with Crippen molar-refractivity contribution in [2.45, 2.75) is 31.6 Å². The van der Waals surface area contributed by atoms with Gasteiger partial charge in [-0.05, 0) is 60.0 Å². The molecule has 1 heterocycles. The van der Waals surface area contributed by atoms with Crippen LogP contribution in [0.3, 0.4) is 0 Å². The van der Waals surface area contributed by atoms with E-state index in [1.165, 1.54) is 32.0 Å². The fourth-order valence-electron chi connectivity index (χ4n) is 4.32. The molecule has 0 bridgehead atoms. The van der Waals surface area contributed by atoms with Gasteiger partial charge in [0.15, 0.2) is 0 Å². The third-order valence-corrected chi connectivity index (χ3v) is 6.39. The quantitative estimate of drug-likeness (QED) is 0.259. The summed E-state index contributed by atoms with van der Waals surface area (Å²) in [6.45, 7) is 2.61. The molecule has 0 unspecified atom stereocenters. The van der Waals surface area contributed by atoms with Gasteiger partial charge in [-0.3, -0.25) is 9.78 Å². The summed E-state index contributed by atoms with van der Waals surface area (Å²) in [7, 11) is 1.44. The van der Waals surface area contributed by atoms with Crippen LogP contribution < -0.4 is 4.90 Å². The molecule has 37 heavy (non-hydrogen) atoms. The van der Waals surface area contributed by atoms with E-state index in [9.17, 15) is 31.1 Å². The molecule has 0 saturated heterocycles. The molecular formula is C28H22F6N2O. The first kappa shape index (κ1) is 26.2. The van der Waals surface area contributed by atoms with Gasteiger partial charge >= 0.3 is 12.4 Å². The van der Waals surface area contributed by atoms with Gasteiger partial charge in [0, 0.05) is 25.0 Å². The topological polar surface area (TPSA) is 33.2 Å². The summed E-state index contributed by atoms with van der Waals surface area (Å²) in [4.78, 5) is 19.1. The van der Waals surface area contributed by atoms with E-state index in [0.29, 0.717) is 23.4 Å². The molecule has 3 aromatic carbocycles. The van der Waals surface area contributed by atoms with Crippen molar-refractivity contribution in [3.05, 3.63) is 95.8 Å². The lowest BCUT2D eigenvalue weighted by atomic mass is 9.81. The van der Waals surface area contributed by atoms with Crippen molar-refractivity contribution in [2.24, 2.45) is 0 Å². The zero-order valence-electron chi connectivity index (χ0n) is 20.1. The number of pyridine rings is 1. The first-order chi connectivity index (χ1) is 17.2. The monoisotopic (exact) mass is 516 g/mol. The average Bonchev–Trinajstić information content (AvgIpc) is 2.86. The molecule has 0 fully saturated rings. The van der Waals surface area contributed by atoms with Crippen LogP contribution in [0, 0.1) is 0 Å². The van der Waals surface area contributed by atoms with Gasteiger partial charge in [-0.1, -0.05) is 42.5 Å². The van der Waals surface area contributed by atoms with Gasteiger partial charge in [-0.25, -0.2) is 0 Å². The van der Waals surface area contributed by atoms with Crippen LogP contribution in [-0.4, -0.2) is 17.9 Å². The summed E-state index contributed by atoms with van der Waals surface area (Å²) in [5.74, 6) is -0.687. The Kier molecular flexibility index (Phi) is 6.52. The number of aromatic nitrogens is 1. The molecule has 4 rings (SSSR count). The average molecular weight is 516 g/mol. The van der Waals surface area contributed by atoms with E-state index in [2.05, 4.69) is 4.98 Å². The number of hydrogen-bond acceptors (Lipinski definition) is 2. The van der Waals surface area contributed by atoms with Crippen molar-refractivity contribution in [1.82, 2.24) is 4.98 Å². The Balaban J connectivity index is 1.81. The standard InChI is InChI=1S/C28H22F6N2O/c1-26(2,18-13-19(27(29,30)31)15-20(14-18)28(32,33)34)25(37)36(3)24-11-12-35-16-23(24)22-10-6-8-17-7-4-5-9-21(17)22/h4-16H,1-3H3. The highest BCUT2D eigenvalue weighted by molar-refractivity contribution is 6.06. The number of anilines is 1. The molecular weight excluding hydrogens is 494 g/mol. The molecule has 0 radical (unpaired) electrons. The van der Waals surface area contributed by atoms with E-state index in [1.807, 2.05) is 42.5 Å². The smallest absolute Gasteiger partial charge is 0.314 e. The fourth-order valence-corrected chi connectivity index (χ4v) is 4.32. The van der Waals surface area contributed by atoms with Gasteiger partial charge in [0.05, 0.1) is 22.2 Å². The summed E-state index contributed by atoms with van der Waals surface area (Å²) in [5.41, 5.74) is -3.29. The highest BCUT2D eigenvalue weighted by Gasteiger charge is 2.41. The third kappa shape index (κ3) is 5.03. The molecule has 4 aromatic rings. The molecule has 1 amide bonds. The summed E-state index contributed by atoms with van der Waals surface area (Å²) in [5, 5.41) is 1.85. The zero-order chi connectivity index (χ0) is 27.2. The molecule has 192 valence electrons.